The lowest BCUT2D eigenvalue weighted by atomic mass is 10.1. The Hall–Kier alpha value is -3.41. The molecule has 0 aliphatic heterocycles. The van der Waals surface area contributed by atoms with E-state index >= 15 is 0 Å². The van der Waals surface area contributed by atoms with Gasteiger partial charge in [0.05, 0.1) is 16.2 Å². The van der Waals surface area contributed by atoms with E-state index < -0.39 is 46.0 Å². The number of aryl methyl sites for hydroxylation is 1. The number of fused-ring (bicyclic) bond motifs is 1. The lowest BCUT2D eigenvalue weighted by Crippen LogP contribution is -2.30. The number of hydrogen-bond acceptors (Lipinski definition) is 6. The van der Waals surface area contributed by atoms with Crippen LogP contribution in [0.4, 0.5) is 24.5 Å². The van der Waals surface area contributed by atoms with Crippen LogP contribution < -0.4 is 5.32 Å². The van der Waals surface area contributed by atoms with Crippen molar-refractivity contribution in [3.05, 3.63) is 67.9 Å². The Balaban J connectivity index is 1.79. The van der Waals surface area contributed by atoms with Crippen molar-refractivity contribution in [2.24, 2.45) is 0 Å². The van der Waals surface area contributed by atoms with Gasteiger partial charge >= 0.3 is 12.1 Å². The third-order valence-electron chi connectivity index (χ3n) is 4.51. The van der Waals surface area contributed by atoms with E-state index in [1.165, 1.54) is 6.92 Å². The molecule has 1 N–H and O–H groups in total. The van der Waals surface area contributed by atoms with Gasteiger partial charge in [0.25, 0.3) is 11.6 Å². The Morgan fingerprint density at radius 3 is 2.53 bits per heavy atom. The number of non-ortho nitro benzene ring substituents is 1. The fourth-order valence-corrected chi connectivity index (χ4v) is 3.24. The maximum Gasteiger partial charge on any atom is 0.418 e. The number of nitro groups is 1. The SMILES string of the molecule is Cc1c(C(=O)O[C@@H](C)C(=O)Nc2ccc([N+](=O)[O-])cc2C(F)(F)F)oc2ccc(Br)cc12. The highest BCUT2D eigenvalue weighted by atomic mass is 79.9. The first-order valence-electron chi connectivity index (χ1n) is 8.94. The number of ether oxygens (including phenoxy) is 1. The van der Waals surface area contributed by atoms with Crippen molar-refractivity contribution in [1.29, 1.82) is 0 Å². The molecule has 0 aliphatic rings. The fourth-order valence-electron chi connectivity index (χ4n) is 2.88. The number of amides is 1. The lowest BCUT2D eigenvalue weighted by molar-refractivity contribution is -0.385. The van der Waals surface area contributed by atoms with Gasteiger partial charge in [-0.05, 0) is 38.1 Å². The van der Waals surface area contributed by atoms with Gasteiger partial charge in [0.15, 0.2) is 6.10 Å². The largest absolute Gasteiger partial charge is 0.449 e. The number of nitrogens with zero attached hydrogens (tertiary/aromatic N) is 1. The van der Waals surface area contributed by atoms with Crippen molar-refractivity contribution in [2.75, 3.05) is 5.32 Å². The van der Waals surface area contributed by atoms with Gasteiger partial charge in [0, 0.05) is 27.6 Å². The summed E-state index contributed by atoms with van der Waals surface area (Å²) in [6.07, 6.45) is -6.45. The van der Waals surface area contributed by atoms with Crippen LogP contribution in [0.1, 0.15) is 28.6 Å². The summed E-state index contributed by atoms with van der Waals surface area (Å²) in [5.74, 6) is -2.18. The average Bonchev–Trinajstić information content (AvgIpc) is 3.03. The van der Waals surface area contributed by atoms with Crippen LogP contribution in [0.15, 0.2) is 45.3 Å². The summed E-state index contributed by atoms with van der Waals surface area (Å²) in [5.41, 5.74) is -2.02. The predicted octanol–water partition coefficient (Wildman–Crippen LogP) is 5.61. The van der Waals surface area contributed by atoms with Gasteiger partial charge in [-0.3, -0.25) is 14.9 Å². The Labute approximate surface area is 186 Å². The van der Waals surface area contributed by atoms with E-state index in [1.54, 1.807) is 25.1 Å². The molecule has 0 unspecified atom stereocenters. The maximum absolute atomic E-state index is 13.3. The van der Waals surface area contributed by atoms with Crippen molar-refractivity contribution in [3.8, 4) is 0 Å². The Morgan fingerprint density at radius 1 is 1.22 bits per heavy atom. The number of furan rings is 1. The van der Waals surface area contributed by atoms with E-state index in [2.05, 4.69) is 15.9 Å². The van der Waals surface area contributed by atoms with Crippen LogP contribution in [-0.4, -0.2) is 22.9 Å². The fraction of sp³-hybridized carbons (Fsp3) is 0.200. The molecule has 168 valence electrons. The molecule has 12 heteroatoms. The maximum atomic E-state index is 13.3. The van der Waals surface area contributed by atoms with Crippen LogP contribution in [0, 0.1) is 17.0 Å². The quantitative estimate of drug-likeness (QED) is 0.269. The molecule has 3 rings (SSSR count). The first kappa shape index (κ1) is 23.3. The van der Waals surface area contributed by atoms with Crippen molar-refractivity contribution in [1.82, 2.24) is 0 Å². The van der Waals surface area contributed by atoms with Crippen LogP contribution in [0.2, 0.25) is 0 Å². The standard InChI is InChI=1S/C20H14BrF3N2O6/c1-9-13-7-11(21)3-6-16(13)32-17(9)19(28)31-10(2)18(27)25-15-5-4-12(26(29)30)8-14(15)20(22,23)24/h3-8,10H,1-2H3,(H,25,27)/t10-/m0/s1. The van der Waals surface area contributed by atoms with Crippen molar-refractivity contribution in [3.63, 3.8) is 0 Å². The summed E-state index contributed by atoms with van der Waals surface area (Å²) in [6.45, 7) is 2.78. The van der Waals surface area contributed by atoms with Crippen molar-refractivity contribution in [2.45, 2.75) is 26.1 Å². The molecular weight excluding hydrogens is 501 g/mol. The highest BCUT2D eigenvalue weighted by Crippen LogP contribution is 2.37. The van der Waals surface area contributed by atoms with Gasteiger partial charge in [-0.2, -0.15) is 13.2 Å². The summed E-state index contributed by atoms with van der Waals surface area (Å²) in [6, 6.07) is 6.95. The van der Waals surface area contributed by atoms with Crippen molar-refractivity contribution >= 4 is 50.2 Å². The number of nitrogens with one attached hydrogen (secondary N) is 1. The first-order chi connectivity index (χ1) is 14.9. The Bertz CT molecular complexity index is 1240. The molecular formula is C20H14BrF3N2O6. The van der Waals surface area contributed by atoms with Crippen LogP contribution in [0.3, 0.4) is 0 Å². The molecule has 8 nitrogen and oxygen atoms in total. The molecule has 0 radical (unpaired) electrons. The third-order valence-corrected chi connectivity index (χ3v) is 5.01. The zero-order valence-electron chi connectivity index (χ0n) is 16.5. The van der Waals surface area contributed by atoms with E-state index in [0.717, 1.165) is 16.6 Å². The smallest absolute Gasteiger partial charge is 0.418 e. The summed E-state index contributed by atoms with van der Waals surface area (Å²) in [4.78, 5) is 34.6. The average molecular weight is 515 g/mol. The van der Waals surface area contributed by atoms with Gasteiger partial charge in [-0.1, -0.05) is 15.9 Å². The third kappa shape index (κ3) is 4.74. The van der Waals surface area contributed by atoms with E-state index in [-0.39, 0.29) is 5.76 Å². The summed E-state index contributed by atoms with van der Waals surface area (Å²) in [5, 5.41) is 13.4. The summed E-state index contributed by atoms with van der Waals surface area (Å²) in [7, 11) is 0. The van der Waals surface area contributed by atoms with Crippen LogP contribution in [0.5, 0.6) is 0 Å². The predicted molar refractivity (Wildman–Crippen MR) is 110 cm³/mol. The highest BCUT2D eigenvalue weighted by molar-refractivity contribution is 9.10. The number of alkyl halides is 3. The molecule has 0 spiro atoms. The Morgan fingerprint density at radius 2 is 1.91 bits per heavy atom. The Kier molecular flexibility index (Phi) is 6.26. The molecule has 3 aromatic rings. The first-order valence-corrected chi connectivity index (χ1v) is 9.74. The van der Waals surface area contributed by atoms with Gasteiger partial charge in [-0.15, -0.1) is 0 Å². The number of rotatable bonds is 5. The monoisotopic (exact) mass is 514 g/mol. The lowest BCUT2D eigenvalue weighted by Gasteiger charge is -2.16. The van der Waals surface area contributed by atoms with E-state index in [1.807, 2.05) is 5.32 Å². The van der Waals surface area contributed by atoms with Crippen LogP contribution in [0.25, 0.3) is 11.0 Å². The van der Waals surface area contributed by atoms with E-state index in [9.17, 15) is 32.9 Å². The molecule has 0 saturated heterocycles. The molecule has 0 saturated carbocycles. The van der Waals surface area contributed by atoms with E-state index in [4.69, 9.17) is 9.15 Å². The number of esters is 1. The zero-order chi connectivity index (χ0) is 23.8. The minimum absolute atomic E-state index is 0.149. The second-order valence-electron chi connectivity index (χ2n) is 6.72. The van der Waals surface area contributed by atoms with E-state index in [0.29, 0.717) is 22.6 Å². The van der Waals surface area contributed by atoms with Gasteiger partial charge in [0.1, 0.15) is 5.58 Å². The molecule has 0 bridgehead atoms. The normalized spacial score (nSPS) is 12.4. The summed E-state index contributed by atoms with van der Waals surface area (Å²) >= 11 is 3.31. The minimum Gasteiger partial charge on any atom is -0.449 e. The molecule has 32 heavy (non-hydrogen) atoms. The molecule has 1 amide bonds. The minimum atomic E-state index is -4.96. The number of carbonyl (C=O) groups is 2. The number of hydrogen-bond donors (Lipinski definition) is 1. The molecule has 0 aliphatic carbocycles. The second kappa shape index (κ2) is 8.61. The zero-order valence-corrected chi connectivity index (χ0v) is 18.0. The van der Waals surface area contributed by atoms with Gasteiger partial charge in [-0.25, -0.2) is 4.79 Å². The highest BCUT2D eigenvalue weighted by Gasteiger charge is 2.36. The topological polar surface area (TPSA) is 112 Å². The molecule has 1 heterocycles. The number of halogens is 4. The van der Waals surface area contributed by atoms with Crippen molar-refractivity contribution < 1.29 is 36.8 Å². The number of anilines is 1. The van der Waals surface area contributed by atoms with Crippen LogP contribution >= 0.6 is 15.9 Å². The molecule has 0 fully saturated rings. The molecule has 2 aromatic carbocycles. The molecule has 1 atom stereocenters. The number of nitro benzene ring substituents is 1. The number of benzene rings is 2. The van der Waals surface area contributed by atoms with Gasteiger partial charge < -0.3 is 14.5 Å². The summed E-state index contributed by atoms with van der Waals surface area (Å²) < 4.78 is 51.1. The second-order valence-corrected chi connectivity index (χ2v) is 7.63. The molecule has 1 aromatic heterocycles. The van der Waals surface area contributed by atoms with Gasteiger partial charge in [0.2, 0.25) is 5.76 Å². The number of carbonyl (C=O) groups excluding carboxylic acids is 2. The van der Waals surface area contributed by atoms with Crippen LogP contribution in [-0.2, 0) is 15.7 Å².